The number of carbonyl (C=O) groups is 1. The van der Waals surface area contributed by atoms with Crippen LogP contribution in [0.3, 0.4) is 0 Å². The predicted molar refractivity (Wildman–Crippen MR) is 59.1 cm³/mol. The molecule has 0 radical (unpaired) electrons. The van der Waals surface area contributed by atoms with Gasteiger partial charge in [0.25, 0.3) is 0 Å². The summed E-state index contributed by atoms with van der Waals surface area (Å²) in [6.07, 6.45) is 0.600. The molecule has 1 spiro atoms. The van der Waals surface area contributed by atoms with Gasteiger partial charge >= 0.3 is 6.09 Å². The van der Waals surface area contributed by atoms with Crippen molar-refractivity contribution < 1.29 is 14.3 Å². The van der Waals surface area contributed by atoms with Crippen molar-refractivity contribution in [2.75, 3.05) is 19.7 Å². The Kier molecular flexibility index (Phi) is 2.62. The van der Waals surface area contributed by atoms with E-state index in [4.69, 9.17) is 15.2 Å². The monoisotopic (exact) mass is 228 g/mol. The van der Waals surface area contributed by atoms with E-state index >= 15 is 0 Å². The van der Waals surface area contributed by atoms with Crippen molar-refractivity contribution in [1.82, 2.24) is 4.90 Å². The van der Waals surface area contributed by atoms with Crippen LogP contribution in [0, 0.1) is 0 Å². The Hall–Kier alpha value is -0.810. The standard InChI is InChI=1S/C11H20N2O3/c1-10(2,3)16-9(14)13-6-11(7-13)8(12)4-5-15-11/h8H,4-7,12H2,1-3H3/t8-/m1/s1. The summed E-state index contributed by atoms with van der Waals surface area (Å²) in [4.78, 5) is 13.3. The summed E-state index contributed by atoms with van der Waals surface area (Å²) in [6, 6.07) is 0.0474. The molecule has 0 unspecified atom stereocenters. The Balaban J connectivity index is 1.86. The minimum Gasteiger partial charge on any atom is -0.444 e. The second-order valence-electron chi connectivity index (χ2n) is 5.64. The highest BCUT2D eigenvalue weighted by Gasteiger charge is 2.54. The molecule has 92 valence electrons. The molecule has 5 heteroatoms. The van der Waals surface area contributed by atoms with Crippen molar-refractivity contribution >= 4 is 6.09 Å². The molecule has 0 aromatic carbocycles. The summed E-state index contributed by atoms with van der Waals surface area (Å²) in [5.74, 6) is 0. The van der Waals surface area contributed by atoms with Gasteiger partial charge < -0.3 is 20.1 Å². The topological polar surface area (TPSA) is 64.8 Å². The van der Waals surface area contributed by atoms with Gasteiger partial charge in [0, 0.05) is 12.6 Å². The zero-order valence-corrected chi connectivity index (χ0v) is 10.2. The normalized spacial score (nSPS) is 28.0. The average molecular weight is 228 g/mol. The van der Waals surface area contributed by atoms with Crippen LogP contribution in [-0.4, -0.2) is 47.9 Å². The van der Waals surface area contributed by atoms with E-state index in [1.165, 1.54) is 0 Å². The highest BCUT2D eigenvalue weighted by Crippen LogP contribution is 2.34. The lowest BCUT2D eigenvalue weighted by molar-refractivity contribution is -0.115. The largest absolute Gasteiger partial charge is 0.444 e. The third-order valence-corrected chi connectivity index (χ3v) is 3.06. The summed E-state index contributed by atoms with van der Waals surface area (Å²) in [6.45, 7) is 7.39. The van der Waals surface area contributed by atoms with Gasteiger partial charge in [-0.05, 0) is 27.2 Å². The summed E-state index contributed by atoms with van der Waals surface area (Å²) >= 11 is 0. The van der Waals surface area contributed by atoms with Crippen LogP contribution in [-0.2, 0) is 9.47 Å². The summed E-state index contributed by atoms with van der Waals surface area (Å²) in [5.41, 5.74) is 5.22. The fraction of sp³-hybridized carbons (Fsp3) is 0.909. The maximum absolute atomic E-state index is 11.7. The lowest BCUT2D eigenvalue weighted by Gasteiger charge is -2.48. The number of likely N-dealkylation sites (tertiary alicyclic amines) is 1. The Bertz CT molecular complexity index is 292. The van der Waals surface area contributed by atoms with E-state index < -0.39 is 5.60 Å². The van der Waals surface area contributed by atoms with Gasteiger partial charge in [-0.15, -0.1) is 0 Å². The molecule has 2 saturated heterocycles. The number of hydrogen-bond acceptors (Lipinski definition) is 4. The number of nitrogens with zero attached hydrogens (tertiary/aromatic N) is 1. The molecule has 2 N–H and O–H groups in total. The summed E-state index contributed by atoms with van der Waals surface area (Å²) in [5, 5.41) is 0. The summed E-state index contributed by atoms with van der Waals surface area (Å²) in [7, 11) is 0. The van der Waals surface area contributed by atoms with Crippen molar-refractivity contribution in [2.45, 2.75) is 44.4 Å². The fourth-order valence-corrected chi connectivity index (χ4v) is 2.14. The molecule has 0 aromatic rings. The van der Waals surface area contributed by atoms with Crippen LogP contribution in [0.1, 0.15) is 27.2 Å². The molecule has 2 heterocycles. The first kappa shape index (κ1) is 11.7. The molecule has 2 rings (SSSR count). The Morgan fingerprint density at radius 2 is 2.12 bits per heavy atom. The van der Waals surface area contributed by atoms with Gasteiger partial charge in [0.05, 0.1) is 13.1 Å². The van der Waals surface area contributed by atoms with Crippen LogP contribution >= 0.6 is 0 Å². The van der Waals surface area contributed by atoms with E-state index in [1.54, 1.807) is 4.90 Å². The molecule has 2 fully saturated rings. The molecule has 2 aliphatic rings. The van der Waals surface area contributed by atoms with Gasteiger partial charge in [0.1, 0.15) is 11.2 Å². The van der Waals surface area contributed by atoms with Crippen LogP contribution in [0.2, 0.25) is 0 Å². The maximum Gasteiger partial charge on any atom is 0.410 e. The number of ether oxygens (including phenoxy) is 2. The summed E-state index contributed by atoms with van der Waals surface area (Å²) < 4.78 is 10.9. The van der Waals surface area contributed by atoms with E-state index in [2.05, 4.69) is 0 Å². The molecule has 5 nitrogen and oxygen atoms in total. The van der Waals surface area contributed by atoms with Crippen molar-refractivity contribution in [3.8, 4) is 0 Å². The molecule has 0 aliphatic carbocycles. The zero-order chi connectivity index (χ0) is 12.0. The second-order valence-corrected chi connectivity index (χ2v) is 5.64. The van der Waals surface area contributed by atoms with Crippen molar-refractivity contribution in [3.05, 3.63) is 0 Å². The molecule has 0 bridgehead atoms. The SMILES string of the molecule is CC(C)(C)OC(=O)N1CC2(C1)OCC[C@H]2N. The van der Waals surface area contributed by atoms with Gasteiger partial charge in [-0.1, -0.05) is 0 Å². The first-order chi connectivity index (χ1) is 7.32. The lowest BCUT2D eigenvalue weighted by atomic mass is 9.87. The Morgan fingerprint density at radius 1 is 1.50 bits per heavy atom. The molecular formula is C11H20N2O3. The quantitative estimate of drug-likeness (QED) is 0.663. The van der Waals surface area contributed by atoms with Crippen LogP contribution in [0.4, 0.5) is 4.79 Å². The average Bonchev–Trinajstić information content (AvgIpc) is 2.40. The molecule has 0 saturated carbocycles. The van der Waals surface area contributed by atoms with Crippen LogP contribution in [0.25, 0.3) is 0 Å². The number of amides is 1. The lowest BCUT2D eigenvalue weighted by Crippen LogP contribution is -2.69. The molecule has 1 amide bonds. The number of carbonyl (C=O) groups excluding carboxylic acids is 1. The number of nitrogens with two attached hydrogens (primary N) is 1. The third-order valence-electron chi connectivity index (χ3n) is 3.06. The highest BCUT2D eigenvalue weighted by atomic mass is 16.6. The highest BCUT2D eigenvalue weighted by molar-refractivity contribution is 5.69. The molecule has 2 aliphatic heterocycles. The molecular weight excluding hydrogens is 208 g/mol. The molecule has 1 atom stereocenters. The zero-order valence-electron chi connectivity index (χ0n) is 10.2. The maximum atomic E-state index is 11.7. The van der Waals surface area contributed by atoms with Crippen molar-refractivity contribution in [3.63, 3.8) is 0 Å². The van der Waals surface area contributed by atoms with Gasteiger partial charge in [0.2, 0.25) is 0 Å². The minimum atomic E-state index is -0.446. The Morgan fingerprint density at radius 3 is 2.56 bits per heavy atom. The second kappa shape index (κ2) is 3.60. The van der Waals surface area contributed by atoms with Crippen LogP contribution in [0.15, 0.2) is 0 Å². The third kappa shape index (κ3) is 2.01. The molecule has 0 aromatic heterocycles. The fourth-order valence-electron chi connectivity index (χ4n) is 2.14. The van der Waals surface area contributed by atoms with Crippen molar-refractivity contribution in [2.24, 2.45) is 5.73 Å². The first-order valence-electron chi connectivity index (χ1n) is 5.70. The first-order valence-corrected chi connectivity index (χ1v) is 5.70. The van der Waals surface area contributed by atoms with Crippen LogP contribution in [0.5, 0.6) is 0 Å². The van der Waals surface area contributed by atoms with E-state index in [0.717, 1.165) is 6.42 Å². The predicted octanol–water partition coefficient (Wildman–Crippen LogP) is 0.724. The van der Waals surface area contributed by atoms with Gasteiger partial charge in [-0.25, -0.2) is 4.79 Å². The Labute approximate surface area is 95.9 Å². The van der Waals surface area contributed by atoms with E-state index in [0.29, 0.717) is 19.7 Å². The van der Waals surface area contributed by atoms with E-state index in [9.17, 15) is 4.79 Å². The van der Waals surface area contributed by atoms with Gasteiger partial charge in [-0.2, -0.15) is 0 Å². The van der Waals surface area contributed by atoms with Crippen LogP contribution < -0.4 is 5.73 Å². The van der Waals surface area contributed by atoms with Gasteiger partial charge in [0.15, 0.2) is 0 Å². The van der Waals surface area contributed by atoms with Gasteiger partial charge in [-0.3, -0.25) is 0 Å². The minimum absolute atomic E-state index is 0.0474. The van der Waals surface area contributed by atoms with Crippen molar-refractivity contribution in [1.29, 1.82) is 0 Å². The molecule has 16 heavy (non-hydrogen) atoms. The number of hydrogen-bond donors (Lipinski definition) is 1. The van der Waals surface area contributed by atoms with E-state index in [-0.39, 0.29) is 17.7 Å². The smallest absolute Gasteiger partial charge is 0.410 e. The number of rotatable bonds is 0. The van der Waals surface area contributed by atoms with E-state index in [1.807, 2.05) is 20.8 Å².